The highest BCUT2D eigenvalue weighted by atomic mass is 31.2. The van der Waals surface area contributed by atoms with E-state index in [1.165, 1.54) is 25.7 Å². The number of unbranched alkanes of at least 4 members (excludes halogenated alkanes) is 17. The number of hydrogen-bond donors (Lipinski definition) is 2. The Morgan fingerprint density at radius 1 is 0.426 bits per heavy atom. The maximum atomic E-state index is 12.9. The number of phosphoric ester groups is 1. The quantitative estimate of drug-likeness (QED) is 0.0197. The third-order valence-electron chi connectivity index (χ3n) is 10.8. The molecular formula is C56H95O11P. The molecule has 3 atom stereocenters. The second kappa shape index (κ2) is 50.1. The van der Waals surface area contributed by atoms with Crippen LogP contribution in [0.3, 0.4) is 0 Å². The summed E-state index contributed by atoms with van der Waals surface area (Å²) in [4.78, 5) is 48.3. The molecule has 68 heavy (non-hydrogen) atoms. The molecule has 0 aliphatic carbocycles. The number of carbonyl (C=O) groups excluding carboxylic acids is 3. The van der Waals surface area contributed by atoms with Crippen molar-refractivity contribution in [1.82, 2.24) is 0 Å². The molecule has 0 radical (unpaired) electrons. The van der Waals surface area contributed by atoms with Gasteiger partial charge in [0.2, 0.25) is 0 Å². The van der Waals surface area contributed by atoms with Gasteiger partial charge in [0.15, 0.2) is 6.10 Å². The van der Waals surface area contributed by atoms with Crippen LogP contribution in [0.5, 0.6) is 0 Å². The molecule has 3 unspecified atom stereocenters. The second-order valence-electron chi connectivity index (χ2n) is 17.3. The molecule has 0 aromatic rings. The predicted octanol–water partition coefficient (Wildman–Crippen LogP) is 15.1. The number of phosphoric acid groups is 1. The summed E-state index contributed by atoms with van der Waals surface area (Å²) in [7, 11) is -4.76. The number of aliphatic hydroxyl groups is 1. The van der Waals surface area contributed by atoms with Crippen molar-refractivity contribution in [1.29, 1.82) is 0 Å². The van der Waals surface area contributed by atoms with E-state index in [1.807, 2.05) is 0 Å². The molecule has 0 heterocycles. The van der Waals surface area contributed by atoms with Crippen LogP contribution in [0.1, 0.15) is 213 Å². The van der Waals surface area contributed by atoms with E-state index in [1.54, 1.807) is 0 Å². The molecule has 12 heteroatoms. The van der Waals surface area contributed by atoms with Gasteiger partial charge in [-0.3, -0.25) is 23.4 Å². The van der Waals surface area contributed by atoms with E-state index < -0.39 is 57.8 Å². The van der Waals surface area contributed by atoms with Crippen LogP contribution in [-0.2, 0) is 42.2 Å². The molecule has 0 bridgehead atoms. The lowest BCUT2D eigenvalue weighted by atomic mass is 10.1. The third-order valence-corrected chi connectivity index (χ3v) is 11.7. The Labute approximate surface area is 413 Å². The van der Waals surface area contributed by atoms with Gasteiger partial charge in [-0.15, -0.1) is 0 Å². The molecule has 0 saturated carbocycles. The first-order valence-corrected chi connectivity index (χ1v) is 28.0. The minimum atomic E-state index is -4.76. The van der Waals surface area contributed by atoms with E-state index >= 15 is 0 Å². The summed E-state index contributed by atoms with van der Waals surface area (Å²) >= 11 is 0. The summed E-state index contributed by atoms with van der Waals surface area (Å²) in [6, 6.07) is 0. The fourth-order valence-corrected chi connectivity index (χ4v) is 7.51. The van der Waals surface area contributed by atoms with Gasteiger partial charge < -0.3 is 24.2 Å². The van der Waals surface area contributed by atoms with Crippen LogP contribution in [0.15, 0.2) is 85.1 Å². The van der Waals surface area contributed by atoms with Gasteiger partial charge in [0.1, 0.15) is 12.7 Å². The van der Waals surface area contributed by atoms with Crippen molar-refractivity contribution in [2.24, 2.45) is 0 Å². The topological polar surface area (TPSA) is 155 Å². The average molecular weight is 975 g/mol. The Morgan fingerprint density at radius 3 is 1.28 bits per heavy atom. The molecule has 0 amide bonds. The minimum absolute atomic E-state index is 0.109. The molecule has 0 aliphatic rings. The number of hydrogen-bond acceptors (Lipinski definition) is 10. The lowest BCUT2D eigenvalue weighted by Crippen LogP contribution is -2.30. The maximum absolute atomic E-state index is 12.9. The van der Waals surface area contributed by atoms with Crippen molar-refractivity contribution < 1.29 is 52.2 Å². The highest BCUT2D eigenvalue weighted by Crippen LogP contribution is 2.43. The van der Waals surface area contributed by atoms with Crippen molar-refractivity contribution in [2.45, 2.75) is 226 Å². The van der Waals surface area contributed by atoms with Crippen molar-refractivity contribution in [2.75, 3.05) is 26.4 Å². The summed E-state index contributed by atoms with van der Waals surface area (Å²) in [5.74, 6) is -1.55. The molecule has 0 saturated heterocycles. The summed E-state index contributed by atoms with van der Waals surface area (Å²) < 4.78 is 39.3. The van der Waals surface area contributed by atoms with Crippen LogP contribution in [0.2, 0.25) is 0 Å². The molecule has 0 fully saturated rings. The zero-order valence-electron chi connectivity index (χ0n) is 42.8. The summed E-state index contributed by atoms with van der Waals surface area (Å²) in [6.07, 6.45) is 55.5. The summed E-state index contributed by atoms with van der Waals surface area (Å²) in [6.45, 7) is 4.35. The van der Waals surface area contributed by atoms with E-state index in [-0.39, 0.29) is 25.9 Å². The summed E-state index contributed by atoms with van der Waals surface area (Å²) in [5.41, 5.74) is 0. The van der Waals surface area contributed by atoms with Crippen molar-refractivity contribution in [3.8, 4) is 0 Å². The number of aliphatic hydroxyl groups excluding tert-OH is 1. The Morgan fingerprint density at radius 2 is 0.794 bits per heavy atom. The third kappa shape index (κ3) is 47.7. The van der Waals surface area contributed by atoms with Crippen molar-refractivity contribution in [3.05, 3.63) is 85.1 Å². The minimum Gasteiger partial charge on any atom is -0.462 e. The Kier molecular flexibility index (Phi) is 47.6. The van der Waals surface area contributed by atoms with E-state index in [2.05, 4.69) is 106 Å². The fourth-order valence-electron chi connectivity index (χ4n) is 6.73. The molecule has 0 aromatic carbocycles. The standard InChI is InChI=1S/C56H95O11P/c1-4-7-10-13-16-19-22-25-26-29-32-35-38-41-44-47-56(60)67-53(49-63-54(58)45-42-39-36-33-30-27-23-20-17-14-11-8-5-2)51-65-68(61,62)64-50-52(48-57)66-55(59)46-43-40-37-34-31-28-24-21-18-15-12-9-6-3/h7,10-11,14,16,19-21,23-26,32,35,52-53,57H,4-6,8-9,12-13,15,17-18,22,27-31,33-34,36-51H2,1-3H3,(H,61,62)/b10-7-,14-11-,19-16-,23-20-,24-21-,26-25-,35-32-. The van der Waals surface area contributed by atoms with Crippen molar-refractivity contribution >= 4 is 25.7 Å². The van der Waals surface area contributed by atoms with Gasteiger partial charge in [-0.05, 0) is 109 Å². The normalized spacial score (nSPS) is 14.1. The van der Waals surface area contributed by atoms with Crippen LogP contribution in [0, 0.1) is 0 Å². The van der Waals surface area contributed by atoms with E-state index in [4.69, 9.17) is 23.3 Å². The van der Waals surface area contributed by atoms with Gasteiger partial charge in [-0.1, -0.05) is 170 Å². The summed E-state index contributed by atoms with van der Waals surface area (Å²) in [5, 5.41) is 9.78. The predicted molar refractivity (Wildman–Crippen MR) is 279 cm³/mol. The van der Waals surface area contributed by atoms with Crippen LogP contribution < -0.4 is 0 Å². The first kappa shape index (κ1) is 64.7. The van der Waals surface area contributed by atoms with Gasteiger partial charge in [0.05, 0.1) is 19.8 Å². The SMILES string of the molecule is CC/C=C\C/C=C\C/C=C\C/C=C\CCCCC(=O)OC(COC(=O)CCCCCCC/C=C\C/C=C\CCC)COP(=O)(O)OCC(CO)OC(=O)CCCCCCC/C=C\CCCCCC. The van der Waals surface area contributed by atoms with Crippen LogP contribution >= 0.6 is 7.82 Å². The number of allylic oxidation sites excluding steroid dienone is 14. The molecular weight excluding hydrogens is 880 g/mol. The second-order valence-corrected chi connectivity index (χ2v) is 18.8. The highest BCUT2D eigenvalue weighted by Gasteiger charge is 2.28. The number of ether oxygens (including phenoxy) is 3. The first-order valence-electron chi connectivity index (χ1n) is 26.5. The van der Waals surface area contributed by atoms with Gasteiger partial charge in [-0.2, -0.15) is 0 Å². The van der Waals surface area contributed by atoms with E-state index in [0.29, 0.717) is 19.3 Å². The number of rotatable bonds is 48. The Hall–Kier alpha value is -3.34. The first-order chi connectivity index (χ1) is 33.2. The Balaban J connectivity index is 4.83. The maximum Gasteiger partial charge on any atom is 0.472 e. The molecule has 0 rings (SSSR count). The fraction of sp³-hybridized carbons (Fsp3) is 0.696. The monoisotopic (exact) mass is 975 g/mol. The molecule has 390 valence electrons. The highest BCUT2D eigenvalue weighted by molar-refractivity contribution is 7.47. The van der Waals surface area contributed by atoms with Crippen molar-refractivity contribution in [3.63, 3.8) is 0 Å². The molecule has 11 nitrogen and oxygen atoms in total. The zero-order valence-corrected chi connectivity index (χ0v) is 43.7. The van der Waals surface area contributed by atoms with E-state index in [0.717, 1.165) is 128 Å². The van der Waals surface area contributed by atoms with Crippen LogP contribution in [0.4, 0.5) is 0 Å². The number of carbonyl (C=O) groups is 3. The molecule has 2 N–H and O–H groups in total. The van der Waals surface area contributed by atoms with Gasteiger partial charge in [0.25, 0.3) is 0 Å². The zero-order chi connectivity index (χ0) is 49.9. The van der Waals surface area contributed by atoms with Crippen LogP contribution in [0.25, 0.3) is 0 Å². The van der Waals surface area contributed by atoms with Gasteiger partial charge >= 0.3 is 25.7 Å². The smallest absolute Gasteiger partial charge is 0.462 e. The lowest BCUT2D eigenvalue weighted by molar-refractivity contribution is -0.161. The number of esters is 3. The largest absolute Gasteiger partial charge is 0.472 e. The lowest BCUT2D eigenvalue weighted by Gasteiger charge is -2.21. The molecule has 0 spiro atoms. The van der Waals surface area contributed by atoms with Gasteiger partial charge in [0, 0.05) is 19.3 Å². The van der Waals surface area contributed by atoms with Gasteiger partial charge in [-0.25, -0.2) is 4.57 Å². The molecule has 0 aromatic heterocycles. The van der Waals surface area contributed by atoms with E-state index in [9.17, 15) is 28.9 Å². The Bertz CT molecular complexity index is 1460. The van der Waals surface area contributed by atoms with Crippen LogP contribution in [-0.4, -0.2) is 66.5 Å². The average Bonchev–Trinajstić information content (AvgIpc) is 3.32. The molecule has 0 aliphatic heterocycles.